The van der Waals surface area contributed by atoms with Crippen LogP contribution in [-0.4, -0.2) is 29.3 Å². The third-order valence-electron chi connectivity index (χ3n) is 2.46. The molecule has 0 spiro atoms. The first-order valence-electron chi connectivity index (χ1n) is 6.50. The van der Waals surface area contributed by atoms with Crippen molar-refractivity contribution in [3.05, 3.63) is 0 Å². The molecule has 0 aliphatic carbocycles. The molecule has 0 aliphatic heterocycles. The van der Waals surface area contributed by atoms with Crippen LogP contribution >= 0.6 is 0 Å². The van der Waals surface area contributed by atoms with Crippen molar-refractivity contribution in [2.45, 2.75) is 71.0 Å². The van der Waals surface area contributed by atoms with Crippen LogP contribution in [0, 0.1) is 0 Å². The highest BCUT2D eigenvalue weighted by Gasteiger charge is 2.28. The highest BCUT2D eigenvalue weighted by atomic mass is 32.2. The van der Waals surface area contributed by atoms with Crippen LogP contribution in [0.25, 0.3) is 0 Å². The minimum absolute atomic E-state index is 0.131. The van der Waals surface area contributed by atoms with Gasteiger partial charge in [0.05, 0.1) is 0 Å². The molecule has 0 radical (unpaired) electrons. The fourth-order valence-corrected chi connectivity index (χ4v) is 2.04. The maximum absolute atomic E-state index is 10.2. The van der Waals surface area contributed by atoms with Crippen molar-refractivity contribution in [2.75, 3.05) is 0 Å². The van der Waals surface area contributed by atoms with Gasteiger partial charge < -0.3 is 5.11 Å². The summed E-state index contributed by atoms with van der Waals surface area (Å²) in [6.45, 7) is 5.88. The van der Waals surface area contributed by atoms with Crippen molar-refractivity contribution in [3.63, 3.8) is 0 Å². The lowest BCUT2D eigenvalue weighted by molar-refractivity contribution is -0.136. The van der Waals surface area contributed by atoms with Gasteiger partial charge in [0.15, 0.2) is 5.25 Å². The zero-order valence-electron chi connectivity index (χ0n) is 11.6. The van der Waals surface area contributed by atoms with E-state index in [-0.39, 0.29) is 6.42 Å². The normalized spacial score (nSPS) is 12.4. The average Bonchev–Trinajstić information content (AvgIpc) is 2.24. The third-order valence-corrected chi connectivity index (χ3v) is 3.72. The summed E-state index contributed by atoms with van der Waals surface area (Å²) in [6.07, 6.45) is 8.36. The maximum atomic E-state index is 10.2. The standard InChI is InChI=1S/C8H18.C4H8O5S/c1-3-5-7-8-6-4-2;1-2-3(4(5)6)10(7,8)9/h3-8H2,1-2H3;3H,2H2,1H3,(H,5,6)(H,7,8,9). The molecule has 6 heteroatoms. The molecule has 0 heterocycles. The molecular weight excluding hydrogens is 256 g/mol. The van der Waals surface area contributed by atoms with Gasteiger partial charge in [0.2, 0.25) is 0 Å². The van der Waals surface area contributed by atoms with E-state index in [1.807, 2.05) is 0 Å². The van der Waals surface area contributed by atoms with Crippen LogP contribution in [0.2, 0.25) is 0 Å². The summed E-state index contributed by atoms with van der Waals surface area (Å²) in [4.78, 5) is 10.0. The van der Waals surface area contributed by atoms with Gasteiger partial charge in [0.25, 0.3) is 10.1 Å². The summed E-state index contributed by atoms with van der Waals surface area (Å²) in [7, 11) is -4.41. The molecule has 1 atom stereocenters. The van der Waals surface area contributed by atoms with Gasteiger partial charge in [-0.3, -0.25) is 9.35 Å². The molecule has 0 aliphatic rings. The molecular formula is C12H26O5S. The van der Waals surface area contributed by atoms with E-state index in [1.54, 1.807) is 0 Å². The molecule has 0 saturated carbocycles. The lowest BCUT2D eigenvalue weighted by Crippen LogP contribution is -2.28. The van der Waals surface area contributed by atoms with Gasteiger partial charge in [-0.2, -0.15) is 8.42 Å². The lowest BCUT2D eigenvalue weighted by atomic mass is 10.1. The predicted molar refractivity (Wildman–Crippen MR) is 72.3 cm³/mol. The second-order valence-corrected chi connectivity index (χ2v) is 5.76. The highest BCUT2D eigenvalue weighted by Crippen LogP contribution is 2.03. The molecule has 0 rings (SSSR count). The number of hydrogen-bond acceptors (Lipinski definition) is 3. The van der Waals surface area contributed by atoms with Crippen molar-refractivity contribution >= 4 is 16.1 Å². The molecule has 18 heavy (non-hydrogen) atoms. The topological polar surface area (TPSA) is 91.7 Å². The van der Waals surface area contributed by atoms with E-state index in [9.17, 15) is 13.2 Å². The number of carbonyl (C=O) groups is 1. The van der Waals surface area contributed by atoms with E-state index in [4.69, 9.17) is 9.66 Å². The molecule has 110 valence electrons. The number of rotatable bonds is 8. The van der Waals surface area contributed by atoms with Gasteiger partial charge in [-0.05, 0) is 6.42 Å². The number of unbranched alkanes of at least 4 members (excludes halogenated alkanes) is 5. The Morgan fingerprint density at radius 1 is 1.00 bits per heavy atom. The maximum Gasteiger partial charge on any atom is 0.324 e. The third kappa shape index (κ3) is 11.9. The summed E-state index contributed by atoms with van der Waals surface area (Å²) in [5.41, 5.74) is 0. The van der Waals surface area contributed by atoms with Crippen LogP contribution in [0.5, 0.6) is 0 Å². The molecule has 0 aromatic carbocycles. The number of aliphatic carboxylic acids is 1. The van der Waals surface area contributed by atoms with E-state index < -0.39 is 21.3 Å². The zero-order valence-corrected chi connectivity index (χ0v) is 12.4. The number of hydrogen-bond donors (Lipinski definition) is 2. The fourth-order valence-electron chi connectivity index (χ4n) is 1.37. The van der Waals surface area contributed by atoms with Crippen LogP contribution in [0.1, 0.15) is 65.7 Å². The van der Waals surface area contributed by atoms with Crippen LogP contribution in [0.4, 0.5) is 0 Å². The van der Waals surface area contributed by atoms with E-state index in [0.717, 1.165) is 0 Å². The van der Waals surface area contributed by atoms with Crippen molar-refractivity contribution in [1.29, 1.82) is 0 Å². The van der Waals surface area contributed by atoms with Gasteiger partial charge in [-0.1, -0.05) is 59.3 Å². The van der Waals surface area contributed by atoms with Crippen molar-refractivity contribution in [2.24, 2.45) is 0 Å². The van der Waals surface area contributed by atoms with Crippen LogP contribution in [-0.2, 0) is 14.9 Å². The van der Waals surface area contributed by atoms with Gasteiger partial charge in [0.1, 0.15) is 0 Å². The first-order valence-corrected chi connectivity index (χ1v) is 8.00. The molecule has 0 saturated heterocycles. The molecule has 0 aromatic heterocycles. The molecule has 0 fully saturated rings. The minimum Gasteiger partial charge on any atom is -0.480 e. The van der Waals surface area contributed by atoms with Gasteiger partial charge >= 0.3 is 5.97 Å². The monoisotopic (exact) mass is 282 g/mol. The van der Waals surface area contributed by atoms with Crippen molar-refractivity contribution in [3.8, 4) is 0 Å². The molecule has 5 nitrogen and oxygen atoms in total. The fraction of sp³-hybridized carbons (Fsp3) is 0.917. The first kappa shape index (κ1) is 19.7. The molecule has 2 N–H and O–H groups in total. The molecule has 0 bridgehead atoms. The van der Waals surface area contributed by atoms with Gasteiger partial charge in [-0.25, -0.2) is 0 Å². The largest absolute Gasteiger partial charge is 0.480 e. The Morgan fingerprint density at radius 2 is 1.39 bits per heavy atom. The zero-order chi connectivity index (χ0) is 14.6. The Balaban J connectivity index is 0. The Kier molecular flexibility index (Phi) is 12.6. The van der Waals surface area contributed by atoms with E-state index in [2.05, 4.69) is 13.8 Å². The average molecular weight is 282 g/mol. The smallest absolute Gasteiger partial charge is 0.324 e. The Labute approximate surface area is 110 Å². The molecule has 0 aromatic rings. The second kappa shape index (κ2) is 11.5. The Hall–Kier alpha value is -0.620. The first-order chi connectivity index (χ1) is 8.31. The summed E-state index contributed by atoms with van der Waals surface area (Å²) in [5, 5.41) is 6.48. The SMILES string of the molecule is CCC(C(=O)O)S(=O)(=O)O.CCCCCCCC. The summed E-state index contributed by atoms with van der Waals surface area (Å²) in [5.74, 6) is -1.52. The molecule has 1 unspecified atom stereocenters. The number of carboxylic acids is 1. The summed E-state index contributed by atoms with van der Waals surface area (Å²) >= 11 is 0. The van der Waals surface area contributed by atoms with E-state index in [1.165, 1.54) is 45.4 Å². The summed E-state index contributed by atoms with van der Waals surface area (Å²) < 4.78 is 28.6. The minimum atomic E-state index is -4.41. The van der Waals surface area contributed by atoms with Crippen LogP contribution in [0.15, 0.2) is 0 Å². The Morgan fingerprint density at radius 3 is 1.50 bits per heavy atom. The Bertz CT molecular complexity index is 292. The predicted octanol–water partition coefficient (Wildman–Crippen LogP) is 3.10. The van der Waals surface area contributed by atoms with Gasteiger partial charge in [0, 0.05) is 0 Å². The van der Waals surface area contributed by atoms with Crippen LogP contribution in [0.3, 0.4) is 0 Å². The van der Waals surface area contributed by atoms with Gasteiger partial charge in [-0.15, -0.1) is 0 Å². The van der Waals surface area contributed by atoms with E-state index >= 15 is 0 Å². The summed E-state index contributed by atoms with van der Waals surface area (Å²) in [6, 6.07) is 0. The quantitative estimate of drug-likeness (QED) is 0.527. The molecule has 0 amide bonds. The van der Waals surface area contributed by atoms with E-state index in [0.29, 0.717) is 0 Å². The second-order valence-electron chi connectivity index (χ2n) is 4.16. The van der Waals surface area contributed by atoms with Crippen LogP contribution < -0.4 is 0 Å². The van der Waals surface area contributed by atoms with Crippen molar-refractivity contribution < 1.29 is 22.9 Å². The highest BCUT2D eigenvalue weighted by molar-refractivity contribution is 7.87. The number of carboxylic acid groups (broad SMARTS) is 1. The lowest BCUT2D eigenvalue weighted by Gasteiger charge is -2.03. The van der Waals surface area contributed by atoms with Crippen molar-refractivity contribution in [1.82, 2.24) is 0 Å².